The maximum Gasteiger partial charge on any atom is 0.419 e. The largest absolute Gasteiger partial charge is 0.419 e. The topological polar surface area (TPSA) is 50.9 Å². The van der Waals surface area contributed by atoms with Crippen molar-refractivity contribution in [1.82, 2.24) is 4.98 Å². The molecule has 1 aromatic carbocycles. The summed E-state index contributed by atoms with van der Waals surface area (Å²) in [5.74, 6) is -0.162. The number of hydrogen-bond acceptors (Lipinski definition) is 3. The lowest BCUT2D eigenvalue weighted by Gasteiger charge is -2.15. The summed E-state index contributed by atoms with van der Waals surface area (Å²) in [5.41, 5.74) is 6.19. The molecule has 2 rings (SSSR count). The van der Waals surface area contributed by atoms with Gasteiger partial charge in [-0.3, -0.25) is 0 Å². The summed E-state index contributed by atoms with van der Waals surface area (Å²) >= 11 is 0. The summed E-state index contributed by atoms with van der Waals surface area (Å²) in [4.78, 5) is 3.74. The lowest BCUT2D eigenvalue weighted by Crippen LogP contribution is -2.17. The van der Waals surface area contributed by atoms with E-state index in [9.17, 15) is 13.2 Å². The van der Waals surface area contributed by atoms with E-state index in [1.54, 1.807) is 0 Å². The van der Waals surface area contributed by atoms with Crippen molar-refractivity contribution >= 4 is 5.82 Å². The van der Waals surface area contributed by atoms with Gasteiger partial charge in [0.05, 0.1) is 5.56 Å². The molecule has 0 amide bonds. The molecule has 0 spiro atoms. The maximum atomic E-state index is 12.8. The zero-order valence-electron chi connectivity index (χ0n) is 11.3. The molecule has 1 unspecified atom stereocenters. The Balaban J connectivity index is 1.95. The second kappa shape index (κ2) is 6.58. The van der Waals surface area contributed by atoms with Crippen molar-refractivity contribution in [2.75, 3.05) is 11.9 Å². The molecule has 2 aromatic rings. The summed E-state index contributed by atoms with van der Waals surface area (Å²) in [7, 11) is 0. The van der Waals surface area contributed by atoms with E-state index in [-0.39, 0.29) is 11.9 Å². The van der Waals surface area contributed by atoms with Crippen LogP contribution in [0.3, 0.4) is 0 Å². The molecule has 112 valence electrons. The minimum Gasteiger partial charge on any atom is -0.369 e. The highest BCUT2D eigenvalue weighted by Crippen LogP contribution is 2.33. The van der Waals surface area contributed by atoms with Gasteiger partial charge in [0.15, 0.2) is 0 Å². The molecule has 0 aliphatic rings. The van der Waals surface area contributed by atoms with Gasteiger partial charge in [-0.2, -0.15) is 13.2 Å². The molecule has 0 bridgehead atoms. The van der Waals surface area contributed by atoms with Gasteiger partial charge in [-0.25, -0.2) is 4.98 Å². The standard InChI is InChI=1S/C15H16F3N3/c16-15(17,18)12-7-4-9-20-14(12)21-10-8-13(19)11-5-2-1-3-6-11/h1-7,9,13H,8,10,19H2,(H,20,21). The lowest BCUT2D eigenvalue weighted by molar-refractivity contribution is -0.137. The Labute approximate surface area is 121 Å². The van der Waals surface area contributed by atoms with E-state index < -0.39 is 11.7 Å². The average molecular weight is 295 g/mol. The third kappa shape index (κ3) is 4.19. The highest BCUT2D eigenvalue weighted by Gasteiger charge is 2.33. The van der Waals surface area contributed by atoms with Crippen LogP contribution in [0.1, 0.15) is 23.6 Å². The lowest BCUT2D eigenvalue weighted by atomic mass is 10.1. The Morgan fingerprint density at radius 1 is 1.10 bits per heavy atom. The number of pyridine rings is 1. The fourth-order valence-electron chi connectivity index (χ4n) is 1.99. The minimum absolute atomic E-state index is 0.162. The molecule has 1 aromatic heterocycles. The smallest absolute Gasteiger partial charge is 0.369 e. The Kier molecular flexibility index (Phi) is 4.80. The van der Waals surface area contributed by atoms with Gasteiger partial charge < -0.3 is 11.1 Å². The molecule has 6 heteroatoms. The molecule has 0 radical (unpaired) electrons. The predicted octanol–water partition coefficient (Wildman–Crippen LogP) is 3.60. The van der Waals surface area contributed by atoms with Gasteiger partial charge >= 0.3 is 6.18 Å². The predicted molar refractivity (Wildman–Crippen MR) is 75.7 cm³/mol. The number of rotatable bonds is 5. The van der Waals surface area contributed by atoms with E-state index in [0.29, 0.717) is 13.0 Å². The van der Waals surface area contributed by atoms with Crippen LogP contribution >= 0.6 is 0 Å². The minimum atomic E-state index is -4.42. The number of nitrogens with two attached hydrogens (primary N) is 1. The summed E-state index contributed by atoms with van der Waals surface area (Å²) in [6, 6.07) is 11.5. The van der Waals surface area contributed by atoms with E-state index in [1.807, 2.05) is 30.3 Å². The van der Waals surface area contributed by atoms with Crippen LogP contribution in [-0.2, 0) is 6.18 Å². The number of aromatic nitrogens is 1. The van der Waals surface area contributed by atoms with Crippen molar-refractivity contribution in [1.29, 1.82) is 0 Å². The van der Waals surface area contributed by atoms with E-state index in [2.05, 4.69) is 10.3 Å². The normalized spacial score (nSPS) is 13.0. The first-order valence-corrected chi connectivity index (χ1v) is 6.55. The highest BCUT2D eigenvalue weighted by molar-refractivity contribution is 5.45. The molecule has 0 fully saturated rings. The van der Waals surface area contributed by atoms with E-state index in [4.69, 9.17) is 5.73 Å². The van der Waals surface area contributed by atoms with Crippen LogP contribution < -0.4 is 11.1 Å². The molecule has 1 heterocycles. The number of hydrogen-bond donors (Lipinski definition) is 2. The van der Waals surface area contributed by atoms with Crippen molar-refractivity contribution in [2.24, 2.45) is 5.73 Å². The number of halogens is 3. The van der Waals surface area contributed by atoms with Crippen LogP contribution in [0.4, 0.5) is 19.0 Å². The van der Waals surface area contributed by atoms with Crippen molar-refractivity contribution < 1.29 is 13.2 Å². The van der Waals surface area contributed by atoms with Crippen molar-refractivity contribution in [3.05, 3.63) is 59.8 Å². The van der Waals surface area contributed by atoms with E-state index in [0.717, 1.165) is 11.6 Å². The van der Waals surface area contributed by atoms with Crippen LogP contribution in [0.2, 0.25) is 0 Å². The first-order chi connectivity index (χ1) is 9.98. The Hall–Kier alpha value is -2.08. The number of benzene rings is 1. The van der Waals surface area contributed by atoms with Crippen LogP contribution in [0.25, 0.3) is 0 Å². The third-order valence-corrected chi connectivity index (χ3v) is 3.09. The van der Waals surface area contributed by atoms with Gasteiger partial charge in [-0.15, -0.1) is 0 Å². The zero-order chi connectivity index (χ0) is 15.3. The second-order valence-electron chi connectivity index (χ2n) is 4.63. The molecule has 0 saturated heterocycles. The number of nitrogens with zero attached hydrogens (tertiary/aromatic N) is 1. The summed E-state index contributed by atoms with van der Waals surface area (Å²) in [6.45, 7) is 0.316. The molecule has 0 saturated carbocycles. The van der Waals surface area contributed by atoms with E-state index in [1.165, 1.54) is 12.3 Å². The van der Waals surface area contributed by atoms with Gasteiger partial charge in [0.1, 0.15) is 5.82 Å². The van der Waals surface area contributed by atoms with Crippen molar-refractivity contribution in [3.8, 4) is 0 Å². The van der Waals surface area contributed by atoms with Crippen LogP contribution in [0, 0.1) is 0 Å². The molecule has 0 aliphatic carbocycles. The third-order valence-electron chi connectivity index (χ3n) is 3.09. The molecule has 3 N–H and O–H groups in total. The fraction of sp³-hybridized carbons (Fsp3) is 0.267. The van der Waals surface area contributed by atoms with Gasteiger partial charge in [0, 0.05) is 18.8 Å². The molecule has 1 atom stereocenters. The van der Waals surface area contributed by atoms with E-state index >= 15 is 0 Å². The SMILES string of the molecule is NC(CCNc1ncccc1C(F)(F)F)c1ccccc1. The van der Waals surface area contributed by atoms with Gasteiger partial charge in [-0.05, 0) is 24.1 Å². The molecule has 21 heavy (non-hydrogen) atoms. The first kappa shape index (κ1) is 15.3. The average Bonchev–Trinajstić information content (AvgIpc) is 2.47. The zero-order valence-corrected chi connectivity index (χ0v) is 11.3. The van der Waals surface area contributed by atoms with Crippen molar-refractivity contribution in [3.63, 3.8) is 0 Å². The molecule has 0 aliphatic heterocycles. The van der Waals surface area contributed by atoms with Crippen molar-refractivity contribution in [2.45, 2.75) is 18.6 Å². The Morgan fingerprint density at radius 2 is 1.81 bits per heavy atom. The number of alkyl halides is 3. The first-order valence-electron chi connectivity index (χ1n) is 6.55. The monoisotopic (exact) mass is 295 g/mol. The molecular formula is C15H16F3N3. The van der Waals surface area contributed by atoms with Gasteiger partial charge in [-0.1, -0.05) is 30.3 Å². The van der Waals surface area contributed by atoms with Crippen LogP contribution in [0.15, 0.2) is 48.7 Å². The number of nitrogens with one attached hydrogen (secondary N) is 1. The van der Waals surface area contributed by atoms with Crippen LogP contribution in [-0.4, -0.2) is 11.5 Å². The highest BCUT2D eigenvalue weighted by atomic mass is 19.4. The Morgan fingerprint density at radius 3 is 2.48 bits per heavy atom. The number of anilines is 1. The Bertz CT molecular complexity index is 570. The summed E-state index contributed by atoms with van der Waals surface area (Å²) in [6.07, 6.45) is -2.58. The maximum absolute atomic E-state index is 12.8. The summed E-state index contributed by atoms with van der Waals surface area (Å²) in [5, 5.41) is 2.71. The van der Waals surface area contributed by atoms with Gasteiger partial charge in [0.25, 0.3) is 0 Å². The van der Waals surface area contributed by atoms with Crippen LogP contribution in [0.5, 0.6) is 0 Å². The summed E-state index contributed by atoms with van der Waals surface area (Å²) < 4.78 is 38.4. The second-order valence-corrected chi connectivity index (χ2v) is 4.63. The van der Waals surface area contributed by atoms with Gasteiger partial charge in [0.2, 0.25) is 0 Å². The fourth-order valence-corrected chi connectivity index (χ4v) is 1.99. The quantitative estimate of drug-likeness (QED) is 0.886. The molecule has 3 nitrogen and oxygen atoms in total. The molecular weight excluding hydrogens is 279 g/mol.